The maximum Gasteiger partial charge on any atom is 0.132 e. The monoisotopic (exact) mass is 303 g/mol. The summed E-state index contributed by atoms with van der Waals surface area (Å²) in [4.78, 5) is 0. The van der Waals surface area contributed by atoms with E-state index in [1.807, 2.05) is 23.0 Å². The molecule has 0 aliphatic heterocycles. The number of halogens is 1. The Kier molecular flexibility index (Phi) is 5.24. The van der Waals surface area contributed by atoms with Crippen LogP contribution in [-0.2, 0) is 6.61 Å². The highest BCUT2D eigenvalue weighted by Crippen LogP contribution is 2.22. The van der Waals surface area contributed by atoms with Crippen molar-refractivity contribution >= 4 is 11.6 Å². The Morgan fingerprint density at radius 3 is 2.71 bits per heavy atom. The molecule has 0 aliphatic rings. The normalized spacial score (nSPS) is 10.6. The summed E-state index contributed by atoms with van der Waals surface area (Å²) in [5.41, 5.74) is 1.32. The van der Waals surface area contributed by atoms with Gasteiger partial charge in [-0.3, -0.25) is 4.68 Å². The van der Waals surface area contributed by atoms with Crippen LogP contribution in [0.5, 0.6) is 5.75 Å². The summed E-state index contributed by atoms with van der Waals surface area (Å²) in [6, 6.07) is 9.46. The van der Waals surface area contributed by atoms with Gasteiger partial charge in [-0.2, -0.15) is 10.4 Å². The average Bonchev–Trinajstić information content (AvgIpc) is 2.95. The molecule has 0 aliphatic carbocycles. The van der Waals surface area contributed by atoms with Gasteiger partial charge in [0.2, 0.25) is 0 Å². The van der Waals surface area contributed by atoms with E-state index >= 15 is 0 Å². The molecule has 1 aromatic heterocycles. The van der Waals surface area contributed by atoms with Crippen molar-refractivity contribution in [3.63, 3.8) is 0 Å². The molecule has 0 atom stereocenters. The molecule has 1 aromatic carbocycles. The van der Waals surface area contributed by atoms with Crippen molar-refractivity contribution in [3.8, 4) is 11.8 Å². The van der Waals surface area contributed by atoms with Gasteiger partial charge in [0.15, 0.2) is 0 Å². The van der Waals surface area contributed by atoms with Crippen LogP contribution in [0.15, 0.2) is 30.5 Å². The summed E-state index contributed by atoms with van der Waals surface area (Å²) in [7, 11) is 0. The highest BCUT2D eigenvalue weighted by molar-refractivity contribution is 6.31. The minimum absolute atomic E-state index is 0.384. The van der Waals surface area contributed by atoms with Crippen molar-refractivity contribution in [3.05, 3.63) is 46.7 Å². The molecular weight excluding hydrogens is 286 g/mol. The lowest BCUT2D eigenvalue weighted by Crippen LogP contribution is -2.08. The van der Waals surface area contributed by atoms with E-state index < -0.39 is 0 Å². The van der Waals surface area contributed by atoms with Crippen LogP contribution >= 0.6 is 11.6 Å². The van der Waals surface area contributed by atoms with Gasteiger partial charge in [-0.15, -0.1) is 0 Å². The van der Waals surface area contributed by atoms with Crippen LogP contribution in [0.4, 0.5) is 0 Å². The second-order valence-corrected chi connectivity index (χ2v) is 5.21. The Morgan fingerprint density at radius 1 is 1.33 bits per heavy atom. The second-order valence-electron chi connectivity index (χ2n) is 4.80. The van der Waals surface area contributed by atoms with Gasteiger partial charge in [-0.05, 0) is 31.0 Å². The van der Waals surface area contributed by atoms with Gasteiger partial charge in [-0.1, -0.05) is 25.4 Å². The van der Waals surface area contributed by atoms with Crippen LogP contribution in [0.2, 0.25) is 5.02 Å². The Bertz CT molecular complexity index is 641. The van der Waals surface area contributed by atoms with Crippen LogP contribution < -0.4 is 4.74 Å². The van der Waals surface area contributed by atoms with Crippen molar-refractivity contribution in [1.82, 2.24) is 9.78 Å². The van der Waals surface area contributed by atoms with E-state index in [9.17, 15) is 0 Å². The molecule has 0 spiro atoms. The van der Waals surface area contributed by atoms with Gasteiger partial charge in [-0.25, -0.2) is 0 Å². The highest BCUT2D eigenvalue weighted by Gasteiger charge is 2.08. The number of hydrogen-bond acceptors (Lipinski definition) is 3. The summed E-state index contributed by atoms with van der Waals surface area (Å²) >= 11 is 5.97. The maximum absolute atomic E-state index is 8.83. The summed E-state index contributed by atoms with van der Waals surface area (Å²) in [5, 5.41) is 13.8. The number of aromatic nitrogens is 2. The fraction of sp³-hybridized carbons (Fsp3) is 0.375. The average molecular weight is 304 g/mol. The Labute approximate surface area is 129 Å². The van der Waals surface area contributed by atoms with Crippen molar-refractivity contribution in [2.24, 2.45) is 0 Å². The third-order valence-corrected chi connectivity index (χ3v) is 3.74. The van der Waals surface area contributed by atoms with E-state index in [4.69, 9.17) is 21.6 Å². The first-order valence-electron chi connectivity index (χ1n) is 7.04. The smallest absolute Gasteiger partial charge is 0.132 e. The summed E-state index contributed by atoms with van der Waals surface area (Å²) in [6.45, 7) is 4.70. The lowest BCUT2D eigenvalue weighted by Gasteiger charge is -2.12. The van der Waals surface area contributed by atoms with Crippen LogP contribution in [-0.4, -0.2) is 9.78 Å². The van der Waals surface area contributed by atoms with Crippen LogP contribution in [0.25, 0.3) is 0 Å². The Morgan fingerprint density at radius 2 is 2.10 bits per heavy atom. The molecule has 0 fully saturated rings. The van der Waals surface area contributed by atoms with Crippen molar-refractivity contribution in [2.75, 3.05) is 0 Å². The molecule has 5 heteroatoms. The van der Waals surface area contributed by atoms with E-state index in [2.05, 4.69) is 18.9 Å². The fourth-order valence-electron chi connectivity index (χ4n) is 2.15. The predicted molar refractivity (Wildman–Crippen MR) is 82.3 cm³/mol. The highest BCUT2D eigenvalue weighted by atomic mass is 35.5. The van der Waals surface area contributed by atoms with Crippen LogP contribution in [0.1, 0.15) is 44.0 Å². The van der Waals surface area contributed by atoms with Gasteiger partial charge < -0.3 is 4.74 Å². The largest absolute Gasteiger partial charge is 0.487 e. The Hall–Kier alpha value is -1.99. The van der Waals surface area contributed by atoms with E-state index in [-0.39, 0.29) is 0 Å². The van der Waals surface area contributed by atoms with Crippen molar-refractivity contribution < 1.29 is 4.74 Å². The Balaban J connectivity index is 2.00. The van der Waals surface area contributed by atoms with Crippen LogP contribution in [0.3, 0.4) is 0 Å². The number of nitriles is 1. The molecule has 2 aromatic rings. The van der Waals surface area contributed by atoms with Gasteiger partial charge in [0.05, 0.1) is 22.3 Å². The van der Waals surface area contributed by atoms with E-state index in [1.54, 1.807) is 18.2 Å². The molecular formula is C16H18ClN3O. The molecule has 0 saturated carbocycles. The molecule has 0 N–H and O–H groups in total. The zero-order valence-corrected chi connectivity index (χ0v) is 13.0. The molecule has 21 heavy (non-hydrogen) atoms. The molecule has 0 unspecified atom stereocenters. The third kappa shape index (κ3) is 3.77. The predicted octanol–water partition coefficient (Wildman–Crippen LogP) is 4.35. The first kappa shape index (κ1) is 15.4. The number of rotatable bonds is 6. The van der Waals surface area contributed by atoms with Gasteiger partial charge in [0, 0.05) is 12.3 Å². The van der Waals surface area contributed by atoms with E-state index in [0.29, 0.717) is 29.0 Å². The second kappa shape index (κ2) is 7.14. The van der Waals surface area contributed by atoms with Gasteiger partial charge in [0.25, 0.3) is 0 Å². The van der Waals surface area contributed by atoms with Crippen LogP contribution in [0, 0.1) is 11.3 Å². The number of nitrogens with zero attached hydrogens (tertiary/aromatic N) is 3. The fourth-order valence-corrected chi connectivity index (χ4v) is 2.37. The summed E-state index contributed by atoms with van der Waals surface area (Å²) in [5.74, 6) is 0.635. The summed E-state index contributed by atoms with van der Waals surface area (Å²) in [6.07, 6.45) is 4.11. The SMILES string of the molecule is CCC(CC)n1ccc(COc2ccc(C#N)c(Cl)c2)n1. The number of benzene rings is 1. The molecule has 2 rings (SSSR count). The quantitative estimate of drug-likeness (QED) is 0.797. The zero-order chi connectivity index (χ0) is 15.2. The minimum atomic E-state index is 0.384. The number of ether oxygens (including phenoxy) is 1. The van der Waals surface area contributed by atoms with Crippen molar-refractivity contribution in [1.29, 1.82) is 5.26 Å². The molecule has 110 valence electrons. The molecule has 0 bridgehead atoms. The zero-order valence-electron chi connectivity index (χ0n) is 12.2. The first-order valence-corrected chi connectivity index (χ1v) is 7.42. The van der Waals surface area contributed by atoms with E-state index in [1.165, 1.54) is 0 Å². The standard InChI is InChI=1S/C16H18ClN3O/c1-3-14(4-2)20-8-7-13(19-20)11-21-15-6-5-12(10-18)16(17)9-15/h5-9,14H,3-4,11H2,1-2H3. The minimum Gasteiger partial charge on any atom is -0.487 e. The molecule has 0 radical (unpaired) electrons. The summed E-state index contributed by atoms with van der Waals surface area (Å²) < 4.78 is 7.65. The van der Waals surface area contributed by atoms with Gasteiger partial charge >= 0.3 is 0 Å². The maximum atomic E-state index is 8.83. The first-order chi connectivity index (χ1) is 10.2. The lowest BCUT2D eigenvalue weighted by atomic mass is 10.2. The molecule has 0 saturated heterocycles. The van der Waals surface area contributed by atoms with Crippen molar-refractivity contribution in [2.45, 2.75) is 39.3 Å². The third-order valence-electron chi connectivity index (χ3n) is 3.43. The molecule has 0 amide bonds. The topological polar surface area (TPSA) is 50.8 Å². The molecule has 4 nitrogen and oxygen atoms in total. The number of hydrogen-bond donors (Lipinski definition) is 0. The lowest BCUT2D eigenvalue weighted by molar-refractivity contribution is 0.297. The van der Waals surface area contributed by atoms with E-state index in [0.717, 1.165) is 18.5 Å². The van der Waals surface area contributed by atoms with Gasteiger partial charge in [0.1, 0.15) is 18.4 Å². The molecule has 1 heterocycles.